The highest BCUT2D eigenvalue weighted by Crippen LogP contribution is 2.34. The number of nitrogens with zero attached hydrogens (tertiary/aromatic N) is 2. The van der Waals surface area contributed by atoms with Crippen molar-refractivity contribution in [3.63, 3.8) is 0 Å². The molecule has 1 aliphatic carbocycles. The molecule has 0 bridgehead atoms. The minimum Gasteiger partial charge on any atom is -0.397 e. The molecular formula is C14H15N5OS. The highest BCUT2D eigenvalue weighted by atomic mass is 32.1. The third-order valence-corrected chi connectivity index (χ3v) is 4.88. The first kappa shape index (κ1) is 13.6. The minimum atomic E-state index is -0.167. The molecule has 1 fully saturated rings. The maximum atomic E-state index is 12.3. The zero-order valence-electron chi connectivity index (χ0n) is 11.3. The molecular weight excluding hydrogens is 286 g/mol. The van der Waals surface area contributed by atoms with Gasteiger partial charge in [-0.3, -0.25) is 4.79 Å². The molecule has 1 saturated carbocycles. The topological polar surface area (TPSA) is 118 Å². The molecule has 108 valence electrons. The van der Waals surface area contributed by atoms with Gasteiger partial charge in [-0.05, 0) is 18.9 Å². The summed E-state index contributed by atoms with van der Waals surface area (Å²) in [6, 6.07) is 3.80. The number of hydrogen-bond acceptors (Lipinski definition) is 6. The molecule has 2 aromatic rings. The second-order valence-corrected chi connectivity index (χ2v) is 6.18. The average Bonchev–Trinajstić information content (AvgIpc) is 3.06. The van der Waals surface area contributed by atoms with E-state index in [0.29, 0.717) is 20.8 Å². The number of nitrogen functional groups attached to an aromatic ring is 2. The molecule has 2 heterocycles. The largest absolute Gasteiger partial charge is 0.397 e. The van der Waals surface area contributed by atoms with Gasteiger partial charge >= 0.3 is 0 Å². The number of nitrogens with one attached hydrogen (secondary N) is 1. The molecule has 1 aliphatic rings. The first-order valence-electron chi connectivity index (χ1n) is 6.79. The van der Waals surface area contributed by atoms with Gasteiger partial charge in [0.15, 0.2) is 0 Å². The van der Waals surface area contributed by atoms with E-state index in [4.69, 9.17) is 16.7 Å². The molecule has 0 aromatic carbocycles. The first-order chi connectivity index (χ1) is 10.1. The van der Waals surface area contributed by atoms with E-state index >= 15 is 0 Å². The van der Waals surface area contributed by atoms with Crippen LogP contribution in [0.15, 0.2) is 6.07 Å². The molecule has 0 unspecified atom stereocenters. The Morgan fingerprint density at radius 2 is 2.14 bits per heavy atom. The molecule has 21 heavy (non-hydrogen) atoms. The summed E-state index contributed by atoms with van der Waals surface area (Å²) in [5.74, 6) is -0.00604. The Hall–Kier alpha value is -2.33. The van der Waals surface area contributed by atoms with Crippen LogP contribution in [0.2, 0.25) is 0 Å². The van der Waals surface area contributed by atoms with Gasteiger partial charge in [0.05, 0.1) is 11.3 Å². The summed E-state index contributed by atoms with van der Waals surface area (Å²) >= 11 is 1.21. The lowest BCUT2D eigenvalue weighted by molar-refractivity contribution is 0.0943. The number of hydrogen-bond donors (Lipinski definition) is 3. The SMILES string of the molecule is N#Cc1cc2c(N)c(C(=O)NC3CCCC3)sc2nc1N. The van der Waals surface area contributed by atoms with Gasteiger partial charge in [0, 0.05) is 11.4 Å². The monoisotopic (exact) mass is 301 g/mol. The molecule has 3 rings (SSSR count). The standard InChI is InChI=1S/C14H15N5OS/c15-6-7-5-9-10(16)11(21-14(9)19-12(7)17)13(20)18-8-3-1-2-4-8/h5,8H,1-4,16H2,(H2,17,19)(H,18,20). The Labute approximate surface area is 125 Å². The van der Waals surface area contributed by atoms with E-state index in [-0.39, 0.29) is 23.3 Å². The fraction of sp³-hybridized carbons (Fsp3) is 0.357. The van der Waals surface area contributed by atoms with Crippen molar-refractivity contribution < 1.29 is 4.79 Å². The lowest BCUT2D eigenvalue weighted by Crippen LogP contribution is -2.32. The number of carbonyl (C=O) groups is 1. The summed E-state index contributed by atoms with van der Waals surface area (Å²) < 4.78 is 0. The van der Waals surface area contributed by atoms with Gasteiger partial charge in [-0.2, -0.15) is 5.26 Å². The number of nitriles is 1. The van der Waals surface area contributed by atoms with E-state index in [0.717, 1.165) is 25.7 Å². The number of anilines is 2. The molecule has 2 aromatic heterocycles. The summed E-state index contributed by atoms with van der Waals surface area (Å²) in [6.45, 7) is 0. The van der Waals surface area contributed by atoms with E-state index in [2.05, 4.69) is 10.3 Å². The average molecular weight is 301 g/mol. The Morgan fingerprint density at radius 3 is 2.81 bits per heavy atom. The van der Waals surface area contributed by atoms with Gasteiger partial charge in [0.25, 0.3) is 5.91 Å². The third-order valence-electron chi connectivity index (χ3n) is 3.77. The number of amides is 1. The van der Waals surface area contributed by atoms with Gasteiger partial charge in [0.1, 0.15) is 21.6 Å². The van der Waals surface area contributed by atoms with Crippen LogP contribution in [0, 0.1) is 11.3 Å². The highest BCUT2D eigenvalue weighted by Gasteiger charge is 2.22. The lowest BCUT2D eigenvalue weighted by atomic mass is 10.2. The Kier molecular flexibility index (Phi) is 3.39. The molecule has 1 amide bonds. The predicted octanol–water partition coefficient (Wildman–Crippen LogP) is 2.00. The highest BCUT2D eigenvalue weighted by molar-refractivity contribution is 7.21. The van der Waals surface area contributed by atoms with Crippen LogP contribution in [0.4, 0.5) is 11.5 Å². The molecule has 6 nitrogen and oxygen atoms in total. The summed E-state index contributed by atoms with van der Waals surface area (Å²) in [6.07, 6.45) is 4.33. The van der Waals surface area contributed by atoms with Crippen LogP contribution >= 0.6 is 11.3 Å². The Morgan fingerprint density at radius 1 is 1.43 bits per heavy atom. The minimum absolute atomic E-state index is 0.161. The molecule has 5 N–H and O–H groups in total. The second-order valence-electron chi connectivity index (χ2n) is 5.19. The number of nitrogens with two attached hydrogens (primary N) is 2. The van der Waals surface area contributed by atoms with Crippen LogP contribution in [0.25, 0.3) is 10.2 Å². The quantitative estimate of drug-likeness (QED) is 0.784. The van der Waals surface area contributed by atoms with Crippen LogP contribution in [-0.4, -0.2) is 16.9 Å². The van der Waals surface area contributed by atoms with E-state index in [9.17, 15) is 4.79 Å². The Bertz CT molecular complexity index is 755. The molecule has 0 radical (unpaired) electrons. The zero-order valence-corrected chi connectivity index (χ0v) is 12.2. The van der Waals surface area contributed by atoms with Crippen LogP contribution in [-0.2, 0) is 0 Å². The van der Waals surface area contributed by atoms with Gasteiger partial charge in [-0.1, -0.05) is 12.8 Å². The van der Waals surface area contributed by atoms with Crippen molar-refractivity contribution in [2.24, 2.45) is 0 Å². The Balaban J connectivity index is 1.97. The van der Waals surface area contributed by atoms with Crippen molar-refractivity contribution in [2.75, 3.05) is 11.5 Å². The number of aromatic nitrogens is 1. The van der Waals surface area contributed by atoms with Crippen molar-refractivity contribution in [3.8, 4) is 6.07 Å². The van der Waals surface area contributed by atoms with Gasteiger partial charge < -0.3 is 16.8 Å². The van der Waals surface area contributed by atoms with Crippen molar-refractivity contribution in [1.82, 2.24) is 10.3 Å². The molecule has 0 saturated heterocycles. The number of fused-ring (bicyclic) bond motifs is 1. The van der Waals surface area contributed by atoms with E-state index in [1.165, 1.54) is 11.3 Å². The smallest absolute Gasteiger partial charge is 0.263 e. The normalized spacial score (nSPS) is 15.2. The van der Waals surface area contributed by atoms with Crippen LogP contribution < -0.4 is 16.8 Å². The molecule has 7 heteroatoms. The van der Waals surface area contributed by atoms with Crippen molar-refractivity contribution in [2.45, 2.75) is 31.7 Å². The van der Waals surface area contributed by atoms with Gasteiger partial charge in [-0.25, -0.2) is 4.98 Å². The number of thiophene rings is 1. The van der Waals surface area contributed by atoms with Crippen LogP contribution in [0.1, 0.15) is 40.9 Å². The third kappa shape index (κ3) is 2.38. The van der Waals surface area contributed by atoms with E-state index in [1.807, 2.05) is 6.07 Å². The zero-order chi connectivity index (χ0) is 15.0. The van der Waals surface area contributed by atoms with Crippen molar-refractivity contribution in [1.29, 1.82) is 5.26 Å². The van der Waals surface area contributed by atoms with Crippen LogP contribution in [0.5, 0.6) is 0 Å². The maximum Gasteiger partial charge on any atom is 0.263 e. The fourth-order valence-electron chi connectivity index (χ4n) is 2.63. The summed E-state index contributed by atoms with van der Waals surface area (Å²) in [5, 5.41) is 12.6. The van der Waals surface area contributed by atoms with Crippen molar-refractivity contribution >= 4 is 39.0 Å². The summed E-state index contributed by atoms with van der Waals surface area (Å²) in [5.41, 5.74) is 12.4. The molecule has 0 aliphatic heterocycles. The maximum absolute atomic E-state index is 12.3. The van der Waals surface area contributed by atoms with Crippen LogP contribution in [0.3, 0.4) is 0 Å². The lowest BCUT2D eigenvalue weighted by Gasteiger charge is -2.10. The van der Waals surface area contributed by atoms with Crippen molar-refractivity contribution in [3.05, 3.63) is 16.5 Å². The number of pyridine rings is 1. The van der Waals surface area contributed by atoms with Gasteiger partial charge in [0.2, 0.25) is 0 Å². The summed E-state index contributed by atoms with van der Waals surface area (Å²) in [7, 11) is 0. The van der Waals surface area contributed by atoms with E-state index < -0.39 is 0 Å². The second kappa shape index (κ2) is 5.22. The summed E-state index contributed by atoms with van der Waals surface area (Å²) in [4.78, 5) is 17.5. The number of carbonyl (C=O) groups excluding carboxylic acids is 1. The number of rotatable bonds is 2. The molecule has 0 spiro atoms. The van der Waals surface area contributed by atoms with E-state index in [1.54, 1.807) is 6.07 Å². The fourth-order valence-corrected chi connectivity index (χ4v) is 3.62. The molecule has 0 atom stereocenters. The van der Waals surface area contributed by atoms with Gasteiger partial charge in [-0.15, -0.1) is 11.3 Å². The predicted molar refractivity (Wildman–Crippen MR) is 82.9 cm³/mol. The first-order valence-corrected chi connectivity index (χ1v) is 7.61.